The lowest BCUT2D eigenvalue weighted by atomic mass is 9.93. The van der Waals surface area contributed by atoms with E-state index >= 15 is 0 Å². The number of carbonyl (C=O) groups excluding carboxylic acids is 1. The van der Waals surface area contributed by atoms with E-state index in [1.807, 2.05) is 44.2 Å². The highest BCUT2D eigenvalue weighted by Crippen LogP contribution is 2.29. The SMILES string of the molecule is CCN(CC)N(C(=O)C(C)(C)CS)C(C)(OCc1ccccc1)C(=O)O. The lowest BCUT2D eigenvalue weighted by Gasteiger charge is -2.46. The van der Waals surface area contributed by atoms with Gasteiger partial charge in [-0.3, -0.25) is 4.79 Å². The Bertz CT molecular complexity index is 605. The fraction of sp³-hybridized carbons (Fsp3) is 0.579. The number of carbonyl (C=O) groups is 2. The van der Waals surface area contributed by atoms with E-state index < -0.39 is 17.1 Å². The maximum Gasteiger partial charge on any atom is 0.358 e. The van der Waals surface area contributed by atoms with Crippen molar-refractivity contribution >= 4 is 24.5 Å². The van der Waals surface area contributed by atoms with Crippen molar-refractivity contribution < 1.29 is 19.4 Å². The average Bonchev–Trinajstić information content (AvgIpc) is 2.64. The molecule has 0 aromatic heterocycles. The van der Waals surface area contributed by atoms with Crippen LogP contribution < -0.4 is 0 Å². The summed E-state index contributed by atoms with van der Waals surface area (Å²) in [7, 11) is 0. The van der Waals surface area contributed by atoms with E-state index in [0.29, 0.717) is 13.1 Å². The highest BCUT2D eigenvalue weighted by Gasteiger charge is 2.49. The van der Waals surface area contributed by atoms with Gasteiger partial charge >= 0.3 is 5.97 Å². The first kappa shape index (κ1) is 22.5. The van der Waals surface area contributed by atoms with E-state index in [9.17, 15) is 14.7 Å². The standard InChI is InChI=1S/C19H30N2O4S/c1-6-20(7-2)21(16(22)18(3,4)14-26)19(5,17(23)24)25-13-15-11-9-8-10-12-15/h8-12,26H,6-7,13-14H2,1-5H3,(H,23,24). The molecule has 1 amide bonds. The summed E-state index contributed by atoms with van der Waals surface area (Å²) in [4.78, 5) is 25.4. The summed E-state index contributed by atoms with van der Waals surface area (Å²) in [6.45, 7) is 9.69. The number of rotatable bonds is 10. The van der Waals surface area contributed by atoms with Gasteiger partial charge in [0, 0.05) is 18.8 Å². The van der Waals surface area contributed by atoms with Crippen molar-refractivity contribution in [1.29, 1.82) is 0 Å². The number of nitrogens with zero attached hydrogens (tertiary/aromatic N) is 2. The quantitative estimate of drug-likeness (QED) is 0.370. The molecule has 0 saturated carbocycles. The molecule has 6 nitrogen and oxygen atoms in total. The number of carboxylic acids is 1. The van der Waals surface area contributed by atoms with Crippen molar-refractivity contribution in [3.05, 3.63) is 35.9 Å². The molecule has 0 spiro atoms. The molecule has 0 bridgehead atoms. The highest BCUT2D eigenvalue weighted by atomic mass is 32.1. The maximum absolute atomic E-state index is 13.2. The van der Waals surface area contributed by atoms with Crippen LogP contribution in [-0.2, 0) is 20.9 Å². The molecule has 1 atom stereocenters. The molecule has 0 aliphatic heterocycles. The zero-order valence-corrected chi connectivity index (χ0v) is 17.1. The minimum atomic E-state index is -1.83. The summed E-state index contributed by atoms with van der Waals surface area (Å²) in [6, 6.07) is 9.29. The molecule has 7 heteroatoms. The Hall–Kier alpha value is -1.57. The normalized spacial score (nSPS) is 14.1. The molecular formula is C19H30N2O4S. The average molecular weight is 383 g/mol. The Morgan fingerprint density at radius 3 is 2.08 bits per heavy atom. The van der Waals surface area contributed by atoms with Crippen LogP contribution in [0.15, 0.2) is 30.3 Å². The number of hydrogen-bond donors (Lipinski definition) is 2. The van der Waals surface area contributed by atoms with E-state index in [2.05, 4.69) is 12.6 Å². The number of thiol groups is 1. The van der Waals surface area contributed by atoms with Crippen LogP contribution in [0.2, 0.25) is 0 Å². The van der Waals surface area contributed by atoms with Gasteiger partial charge in [-0.2, -0.15) is 12.6 Å². The maximum atomic E-state index is 13.2. The monoisotopic (exact) mass is 382 g/mol. The molecule has 1 rings (SSSR count). The van der Waals surface area contributed by atoms with Crippen molar-refractivity contribution in [1.82, 2.24) is 10.0 Å². The largest absolute Gasteiger partial charge is 0.478 e. The molecule has 1 unspecified atom stereocenters. The Balaban J connectivity index is 3.29. The minimum absolute atomic E-state index is 0.0794. The molecule has 0 aliphatic carbocycles. The third-order valence-electron chi connectivity index (χ3n) is 4.34. The third kappa shape index (κ3) is 4.99. The summed E-state index contributed by atoms with van der Waals surface area (Å²) in [6.07, 6.45) is 0. The van der Waals surface area contributed by atoms with Gasteiger partial charge in [-0.05, 0) is 12.5 Å². The number of carboxylic acid groups (broad SMARTS) is 1. The van der Waals surface area contributed by atoms with Crippen molar-refractivity contribution in [2.45, 2.75) is 47.0 Å². The van der Waals surface area contributed by atoms with Gasteiger partial charge in [-0.15, -0.1) is 0 Å². The summed E-state index contributed by atoms with van der Waals surface area (Å²) >= 11 is 4.26. The molecule has 1 N–H and O–H groups in total. The van der Waals surface area contributed by atoms with Crippen LogP contribution >= 0.6 is 12.6 Å². The Morgan fingerprint density at radius 2 is 1.65 bits per heavy atom. The lowest BCUT2D eigenvalue weighted by molar-refractivity contribution is -0.241. The zero-order valence-electron chi connectivity index (χ0n) is 16.2. The Kier molecular flexibility index (Phi) is 8.12. The summed E-state index contributed by atoms with van der Waals surface area (Å²) in [5, 5.41) is 12.9. The fourth-order valence-electron chi connectivity index (χ4n) is 2.46. The molecule has 1 aromatic carbocycles. The van der Waals surface area contributed by atoms with Crippen LogP contribution in [0.4, 0.5) is 0 Å². The second-order valence-corrected chi connectivity index (χ2v) is 7.18. The fourth-order valence-corrected chi connectivity index (χ4v) is 2.60. The molecular weight excluding hydrogens is 352 g/mol. The van der Waals surface area contributed by atoms with E-state index in [1.54, 1.807) is 18.9 Å². The summed E-state index contributed by atoms with van der Waals surface area (Å²) < 4.78 is 5.82. The number of aliphatic carboxylic acids is 1. The van der Waals surface area contributed by atoms with Gasteiger partial charge in [0.25, 0.3) is 5.72 Å². The Labute approximate surface area is 161 Å². The number of benzene rings is 1. The van der Waals surface area contributed by atoms with Crippen LogP contribution in [0.3, 0.4) is 0 Å². The first-order chi connectivity index (χ1) is 12.1. The smallest absolute Gasteiger partial charge is 0.358 e. The Morgan fingerprint density at radius 1 is 1.12 bits per heavy atom. The van der Waals surface area contributed by atoms with Crippen LogP contribution in [0.5, 0.6) is 0 Å². The second kappa shape index (κ2) is 9.39. The van der Waals surface area contributed by atoms with Gasteiger partial charge in [0.05, 0.1) is 12.0 Å². The van der Waals surface area contributed by atoms with Gasteiger partial charge < -0.3 is 9.84 Å². The summed E-state index contributed by atoms with van der Waals surface area (Å²) in [5.74, 6) is -1.27. The van der Waals surface area contributed by atoms with Crippen LogP contribution in [0.25, 0.3) is 0 Å². The highest BCUT2D eigenvalue weighted by molar-refractivity contribution is 7.80. The van der Waals surface area contributed by atoms with Crippen molar-refractivity contribution in [3.63, 3.8) is 0 Å². The molecule has 146 valence electrons. The first-order valence-electron chi connectivity index (χ1n) is 8.75. The van der Waals surface area contributed by atoms with E-state index in [-0.39, 0.29) is 18.3 Å². The summed E-state index contributed by atoms with van der Waals surface area (Å²) in [5.41, 5.74) is -1.84. The second-order valence-electron chi connectivity index (χ2n) is 6.86. The molecule has 0 fully saturated rings. The van der Waals surface area contributed by atoms with Gasteiger partial charge in [0.15, 0.2) is 0 Å². The number of hydrogen-bond acceptors (Lipinski definition) is 5. The van der Waals surface area contributed by atoms with Crippen molar-refractivity contribution in [2.24, 2.45) is 5.41 Å². The van der Waals surface area contributed by atoms with Gasteiger partial charge in [-0.25, -0.2) is 14.8 Å². The molecule has 1 aromatic rings. The van der Waals surface area contributed by atoms with Crippen LogP contribution in [-0.4, -0.2) is 51.6 Å². The topological polar surface area (TPSA) is 70.1 Å². The van der Waals surface area contributed by atoms with E-state index in [4.69, 9.17) is 4.74 Å². The minimum Gasteiger partial charge on any atom is -0.478 e. The van der Waals surface area contributed by atoms with Crippen LogP contribution in [0.1, 0.15) is 40.2 Å². The van der Waals surface area contributed by atoms with Crippen molar-refractivity contribution in [2.75, 3.05) is 18.8 Å². The van der Waals surface area contributed by atoms with Crippen LogP contribution in [0, 0.1) is 5.41 Å². The number of hydrazine groups is 1. The predicted molar refractivity (Wildman–Crippen MR) is 105 cm³/mol. The number of ether oxygens (including phenoxy) is 1. The predicted octanol–water partition coefficient (Wildman–Crippen LogP) is 3.05. The lowest BCUT2D eigenvalue weighted by Crippen LogP contribution is -2.65. The van der Waals surface area contributed by atoms with Gasteiger partial charge in [-0.1, -0.05) is 58.0 Å². The molecule has 0 radical (unpaired) electrons. The third-order valence-corrected chi connectivity index (χ3v) is 5.13. The van der Waals surface area contributed by atoms with E-state index in [0.717, 1.165) is 5.56 Å². The number of amides is 1. The molecule has 26 heavy (non-hydrogen) atoms. The van der Waals surface area contributed by atoms with Gasteiger partial charge in [0.1, 0.15) is 0 Å². The van der Waals surface area contributed by atoms with E-state index in [1.165, 1.54) is 11.9 Å². The molecule has 0 aliphatic rings. The molecule has 0 saturated heterocycles. The van der Waals surface area contributed by atoms with Crippen molar-refractivity contribution in [3.8, 4) is 0 Å². The molecule has 0 heterocycles. The first-order valence-corrected chi connectivity index (χ1v) is 9.39. The zero-order chi connectivity index (χ0) is 20.0. The van der Waals surface area contributed by atoms with Gasteiger partial charge in [0.2, 0.25) is 5.91 Å².